The molecule has 0 fully saturated rings. The summed E-state index contributed by atoms with van der Waals surface area (Å²) in [4.78, 5) is 16.0. The molecule has 0 aliphatic heterocycles. The quantitative estimate of drug-likeness (QED) is 0.820. The molecule has 0 bridgehead atoms. The summed E-state index contributed by atoms with van der Waals surface area (Å²) in [6.45, 7) is 3.80. The number of aryl methyl sites for hydroxylation is 2. The van der Waals surface area contributed by atoms with Crippen molar-refractivity contribution in [3.63, 3.8) is 0 Å². The summed E-state index contributed by atoms with van der Waals surface area (Å²) < 4.78 is 14.8. The fourth-order valence-corrected chi connectivity index (χ4v) is 1.81. The third-order valence-electron chi connectivity index (χ3n) is 2.73. The van der Waals surface area contributed by atoms with Gasteiger partial charge in [0.15, 0.2) is 0 Å². The van der Waals surface area contributed by atoms with E-state index in [0.717, 1.165) is 0 Å². The molecule has 2 rings (SSSR count). The highest BCUT2D eigenvalue weighted by Crippen LogP contribution is 2.12. The molecule has 0 aliphatic carbocycles. The van der Waals surface area contributed by atoms with Gasteiger partial charge in [-0.05, 0) is 31.5 Å². The van der Waals surface area contributed by atoms with Crippen LogP contribution in [0.1, 0.15) is 17.1 Å². The van der Waals surface area contributed by atoms with Gasteiger partial charge in [0.25, 0.3) is 5.56 Å². The Morgan fingerprint density at radius 1 is 1.33 bits per heavy atom. The van der Waals surface area contributed by atoms with Crippen LogP contribution in [0.5, 0.6) is 0 Å². The van der Waals surface area contributed by atoms with E-state index >= 15 is 0 Å². The van der Waals surface area contributed by atoms with Crippen molar-refractivity contribution in [1.29, 1.82) is 0 Å². The normalized spacial score (nSPS) is 10.6. The Labute approximate surface area is 104 Å². The average molecular weight is 247 g/mol. The lowest BCUT2D eigenvalue weighted by Gasteiger charge is -2.10. The highest BCUT2D eigenvalue weighted by Gasteiger charge is 2.06. The summed E-state index contributed by atoms with van der Waals surface area (Å²) in [5, 5.41) is 0. The Kier molecular flexibility index (Phi) is 3.14. The standard InChI is InChI=1S/C13H14FN3O/c1-8-5-13(18)17(9(2)16-8)7-10-3-4-12(15)11(14)6-10/h3-6H,7,15H2,1-2H3. The van der Waals surface area contributed by atoms with E-state index in [0.29, 0.717) is 17.1 Å². The molecule has 0 spiro atoms. The number of rotatable bonds is 2. The molecule has 0 amide bonds. The van der Waals surface area contributed by atoms with Gasteiger partial charge in [0.1, 0.15) is 11.6 Å². The summed E-state index contributed by atoms with van der Waals surface area (Å²) in [5.41, 5.74) is 6.72. The lowest BCUT2D eigenvalue weighted by Crippen LogP contribution is -2.24. The molecule has 4 nitrogen and oxygen atoms in total. The van der Waals surface area contributed by atoms with Crippen LogP contribution in [0.3, 0.4) is 0 Å². The third kappa shape index (κ3) is 2.40. The van der Waals surface area contributed by atoms with Gasteiger partial charge in [0.05, 0.1) is 12.2 Å². The number of halogens is 1. The molecule has 0 atom stereocenters. The van der Waals surface area contributed by atoms with Crippen molar-refractivity contribution in [3.8, 4) is 0 Å². The maximum atomic E-state index is 13.3. The monoisotopic (exact) mass is 247 g/mol. The molecule has 1 heterocycles. The molecule has 0 aliphatic rings. The molecule has 0 unspecified atom stereocenters. The molecule has 18 heavy (non-hydrogen) atoms. The highest BCUT2D eigenvalue weighted by molar-refractivity contribution is 5.41. The highest BCUT2D eigenvalue weighted by atomic mass is 19.1. The second-order valence-electron chi connectivity index (χ2n) is 4.22. The molecule has 2 N–H and O–H groups in total. The van der Waals surface area contributed by atoms with E-state index in [-0.39, 0.29) is 17.8 Å². The molecule has 2 aromatic rings. The number of nitrogens with zero attached hydrogens (tertiary/aromatic N) is 2. The van der Waals surface area contributed by atoms with E-state index in [4.69, 9.17) is 5.73 Å². The van der Waals surface area contributed by atoms with Crippen LogP contribution >= 0.6 is 0 Å². The van der Waals surface area contributed by atoms with E-state index in [1.165, 1.54) is 22.8 Å². The van der Waals surface area contributed by atoms with Gasteiger partial charge < -0.3 is 5.73 Å². The number of aromatic nitrogens is 2. The molecular weight excluding hydrogens is 233 g/mol. The van der Waals surface area contributed by atoms with Gasteiger partial charge in [0.2, 0.25) is 0 Å². The fourth-order valence-electron chi connectivity index (χ4n) is 1.81. The predicted molar refractivity (Wildman–Crippen MR) is 67.9 cm³/mol. The number of benzene rings is 1. The maximum Gasteiger partial charge on any atom is 0.254 e. The van der Waals surface area contributed by atoms with E-state index in [2.05, 4.69) is 4.98 Å². The van der Waals surface area contributed by atoms with Gasteiger partial charge in [-0.15, -0.1) is 0 Å². The fraction of sp³-hybridized carbons (Fsp3) is 0.231. The summed E-state index contributed by atoms with van der Waals surface area (Å²) in [6, 6.07) is 5.98. The number of nitrogens with two attached hydrogens (primary N) is 1. The van der Waals surface area contributed by atoms with Crippen LogP contribution in [-0.2, 0) is 6.54 Å². The molecule has 5 heteroatoms. The summed E-state index contributed by atoms with van der Waals surface area (Å²) in [6.07, 6.45) is 0. The van der Waals surface area contributed by atoms with Gasteiger partial charge in [-0.2, -0.15) is 0 Å². The number of hydrogen-bond donors (Lipinski definition) is 1. The zero-order valence-corrected chi connectivity index (χ0v) is 10.3. The average Bonchev–Trinajstić information content (AvgIpc) is 2.28. The van der Waals surface area contributed by atoms with Crippen molar-refractivity contribution in [2.45, 2.75) is 20.4 Å². The predicted octanol–water partition coefficient (Wildman–Crippen LogP) is 1.63. The first kappa shape index (κ1) is 12.3. The first-order chi connectivity index (χ1) is 8.47. The largest absolute Gasteiger partial charge is 0.396 e. The topological polar surface area (TPSA) is 60.9 Å². The van der Waals surface area contributed by atoms with Crippen LogP contribution in [0.25, 0.3) is 0 Å². The van der Waals surface area contributed by atoms with Crippen molar-refractivity contribution >= 4 is 5.69 Å². The van der Waals surface area contributed by atoms with Crippen molar-refractivity contribution < 1.29 is 4.39 Å². The van der Waals surface area contributed by atoms with Gasteiger partial charge >= 0.3 is 0 Å². The van der Waals surface area contributed by atoms with Gasteiger partial charge in [-0.1, -0.05) is 6.07 Å². The lowest BCUT2D eigenvalue weighted by atomic mass is 10.2. The van der Waals surface area contributed by atoms with Crippen LogP contribution < -0.4 is 11.3 Å². The van der Waals surface area contributed by atoms with Crippen LogP contribution in [0.15, 0.2) is 29.1 Å². The number of hydrogen-bond acceptors (Lipinski definition) is 3. The molecular formula is C13H14FN3O. The number of nitrogen functional groups attached to an aromatic ring is 1. The van der Waals surface area contributed by atoms with E-state index in [1.54, 1.807) is 19.9 Å². The van der Waals surface area contributed by atoms with E-state index < -0.39 is 5.82 Å². The first-order valence-corrected chi connectivity index (χ1v) is 5.56. The molecule has 1 aromatic carbocycles. The van der Waals surface area contributed by atoms with Crippen LogP contribution in [0.2, 0.25) is 0 Å². The summed E-state index contributed by atoms with van der Waals surface area (Å²) in [5.74, 6) is 0.135. The molecule has 94 valence electrons. The van der Waals surface area contributed by atoms with Crippen molar-refractivity contribution in [2.24, 2.45) is 0 Å². The molecule has 0 saturated heterocycles. The minimum absolute atomic E-state index is 0.102. The Balaban J connectivity index is 2.40. The van der Waals surface area contributed by atoms with Gasteiger partial charge in [0, 0.05) is 11.8 Å². The third-order valence-corrected chi connectivity index (χ3v) is 2.73. The second-order valence-corrected chi connectivity index (χ2v) is 4.22. The number of anilines is 1. The lowest BCUT2D eigenvalue weighted by molar-refractivity contribution is 0.625. The molecule has 0 radical (unpaired) electrons. The van der Waals surface area contributed by atoms with Crippen LogP contribution in [0.4, 0.5) is 10.1 Å². The second kappa shape index (κ2) is 4.60. The van der Waals surface area contributed by atoms with Gasteiger partial charge in [-0.3, -0.25) is 9.36 Å². The van der Waals surface area contributed by atoms with Crippen LogP contribution in [0, 0.1) is 19.7 Å². The van der Waals surface area contributed by atoms with E-state index in [1.807, 2.05) is 0 Å². The summed E-state index contributed by atoms with van der Waals surface area (Å²) >= 11 is 0. The maximum absolute atomic E-state index is 13.3. The van der Waals surface area contributed by atoms with Crippen molar-refractivity contribution in [3.05, 3.63) is 57.5 Å². The molecule has 1 aromatic heterocycles. The minimum atomic E-state index is -0.474. The van der Waals surface area contributed by atoms with Gasteiger partial charge in [-0.25, -0.2) is 9.37 Å². The minimum Gasteiger partial charge on any atom is -0.396 e. The zero-order valence-electron chi connectivity index (χ0n) is 10.3. The SMILES string of the molecule is Cc1cc(=O)n(Cc2ccc(N)c(F)c2)c(C)n1. The Hall–Kier alpha value is -2.17. The van der Waals surface area contributed by atoms with Crippen molar-refractivity contribution in [1.82, 2.24) is 9.55 Å². The molecule has 0 saturated carbocycles. The van der Waals surface area contributed by atoms with Crippen molar-refractivity contribution in [2.75, 3.05) is 5.73 Å². The Morgan fingerprint density at radius 2 is 2.06 bits per heavy atom. The first-order valence-electron chi connectivity index (χ1n) is 5.56. The Bertz CT molecular complexity index is 649. The van der Waals surface area contributed by atoms with E-state index in [9.17, 15) is 9.18 Å². The smallest absolute Gasteiger partial charge is 0.254 e. The Morgan fingerprint density at radius 3 is 2.67 bits per heavy atom. The zero-order chi connectivity index (χ0) is 13.3. The van der Waals surface area contributed by atoms with Crippen LogP contribution in [-0.4, -0.2) is 9.55 Å². The summed E-state index contributed by atoms with van der Waals surface area (Å²) in [7, 11) is 0.